The molecular formula is C23H25F6N3O6S. The van der Waals surface area contributed by atoms with Gasteiger partial charge >= 0.3 is 24.3 Å². The minimum atomic E-state index is -5.08. The number of carboxylic acid groups (broad SMARTS) is 2. The molecule has 3 atom stereocenters. The number of hydrogen-bond donors (Lipinski definition) is 3. The number of alkyl halides is 6. The lowest BCUT2D eigenvalue weighted by Crippen LogP contribution is -2.29. The summed E-state index contributed by atoms with van der Waals surface area (Å²) in [4.78, 5) is 36.5. The van der Waals surface area contributed by atoms with E-state index in [4.69, 9.17) is 24.5 Å². The number of thiophene rings is 1. The van der Waals surface area contributed by atoms with E-state index in [9.17, 15) is 31.1 Å². The van der Waals surface area contributed by atoms with Gasteiger partial charge < -0.3 is 20.3 Å². The molecule has 9 nitrogen and oxygen atoms in total. The number of aromatic nitrogens is 1. The van der Waals surface area contributed by atoms with Gasteiger partial charge in [0.25, 0.3) is 0 Å². The van der Waals surface area contributed by atoms with Crippen LogP contribution in [-0.4, -0.2) is 75.6 Å². The minimum absolute atomic E-state index is 0.0592. The first-order valence-electron chi connectivity index (χ1n) is 11.3. The largest absolute Gasteiger partial charge is 0.490 e. The Bertz CT molecular complexity index is 1030. The van der Waals surface area contributed by atoms with E-state index < -0.39 is 24.3 Å². The molecule has 0 aliphatic carbocycles. The first kappa shape index (κ1) is 32.0. The molecule has 4 heterocycles. The van der Waals surface area contributed by atoms with Gasteiger partial charge in [-0.25, -0.2) is 9.59 Å². The Kier molecular flexibility index (Phi) is 11.7. The van der Waals surface area contributed by atoms with Crippen molar-refractivity contribution < 1.29 is 55.7 Å². The quantitative estimate of drug-likeness (QED) is 0.438. The molecule has 0 aromatic carbocycles. The average molecular weight is 586 g/mol. The molecule has 2 aromatic heterocycles. The zero-order valence-electron chi connectivity index (χ0n) is 20.1. The Morgan fingerprint density at radius 1 is 1.05 bits per heavy atom. The summed E-state index contributed by atoms with van der Waals surface area (Å²) >= 11 is 1.75. The lowest BCUT2D eigenvalue weighted by molar-refractivity contribution is -0.193. The van der Waals surface area contributed by atoms with Crippen LogP contribution >= 0.6 is 11.3 Å². The summed E-state index contributed by atoms with van der Waals surface area (Å²) in [6, 6.07) is 6.03. The lowest BCUT2D eigenvalue weighted by atomic mass is 10.0. The van der Waals surface area contributed by atoms with Gasteiger partial charge in [0, 0.05) is 44.5 Å². The number of carbonyl (C=O) groups excluding carboxylic acids is 1. The van der Waals surface area contributed by atoms with E-state index in [2.05, 4.69) is 32.0 Å². The van der Waals surface area contributed by atoms with Crippen molar-refractivity contribution in [2.45, 2.75) is 50.5 Å². The maximum Gasteiger partial charge on any atom is 0.490 e. The van der Waals surface area contributed by atoms with Crippen LogP contribution in [0.2, 0.25) is 0 Å². The maximum atomic E-state index is 12.1. The van der Waals surface area contributed by atoms with Crippen molar-refractivity contribution in [3.8, 4) is 0 Å². The lowest BCUT2D eigenvalue weighted by Gasteiger charge is -2.18. The Morgan fingerprint density at radius 2 is 1.69 bits per heavy atom. The number of halogens is 6. The monoisotopic (exact) mass is 585 g/mol. The van der Waals surface area contributed by atoms with E-state index in [-0.39, 0.29) is 18.1 Å². The van der Waals surface area contributed by atoms with Gasteiger partial charge in [-0.1, -0.05) is 6.07 Å². The van der Waals surface area contributed by atoms with Gasteiger partial charge in [-0.2, -0.15) is 37.7 Å². The van der Waals surface area contributed by atoms with Gasteiger partial charge in [0.2, 0.25) is 5.91 Å². The van der Waals surface area contributed by atoms with E-state index in [1.807, 2.05) is 12.1 Å². The number of ether oxygens (including phenoxy) is 1. The molecule has 0 spiro atoms. The van der Waals surface area contributed by atoms with Crippen molar-refractivity contribution >= 4 is 29.2 Å². The van der Waals surface area contributed by atoms with Gasteiger partial charge in [-0.05, 0) is 40.4 Å². The molecular weight excluding hydrogens is 560 g/mol. The summed E-state index contributed by atoms with van der Waals surface area (Å²) in [5, 5.41) is 21.6. The number of rotatable bonds is 6. The van der Waals surface area contributed by atoms with Crippen LogP contribution in [-0.2, 0) is 32.2 Å². The van der Waals surface area contributed by atoms with Crippen LogP contribution in [0.3, 0.4) is 0 Å². The number of aliphatic carboxylic acids is 2. The molecule has 0 bridgehead atoms. The maximum absolute atomic E-state index is 12.1. The van der Waals surface area contributed by atoms with Crippen molar-refractivity contribution in [3.63, 3.8) is 0 Å². The Balaban J connectivity index is 0.000000317. The van der Waals surface area contributed by atoms with E-state index in [0.29, 0.717) is 18.9 Å². The van der Waals surface area contributed by atoms with Crippen molar-refractivity contribution in [2.75, 3.05) is 13.1 Å². The number of nitrogens with zero attached hydrogens (tertiary/aromatic N) is 2. The number of nitrogens with one attached hydrogen (secondary N) is 1. The van der Waals surface area contributed by atoms with E-state index >= 15 is 0 Å². The molecule has 39 heavy (non-hydrogen) atoms. The molecule has 0 radical (unpaired) electrons. The van der Waals surface area contributed by atoms with E-state index in [1.54, 1.807) is 23.7 Å². The highest BCUT2D eigenvalue weighted by Gasteiger charge is 2.42. The molecule has 2 fully saturated rings. The molecule has 4 rings (SSSR count). The molecule has 2 aliphatic rings. The third-order valence-corrected chi connectivity index (χ3v) is 6.22. The normalized spacial score (nSPS) is 20.6. The molecule has 0 unspecified atom stereocenters. The standard InChI is InChI=1S/C19H23N3O2S.2C2HF3O2/c23-19(21-9-14-2-1-4-20-8-14)7-17-6-16-11-22(12-18(16)24-17)10-15-3-5-25-13-15;2*3-2(4,5)1(6)7/h1-5,8,13,16-18H,6-7,9-12H2,(H,21,23);2*(H,6,7)/t16-,17+,18+;;/m0../s1. The van der Waals surface area contributed by atoms with Crippen LogP contribution in [0.25, 0.3) is 0 Å². The first-order chi connectivity index (χ1) is 18.1. The summed E-state index contributed by atoms with van der Waals surface area (Å²) in [7, 11) is 0. The van der Waals surface area contributed by atoms with Crippen molar-refractivity contribution in [1.29, 1.82) is 0 Å². The number of fused-ring (bicyclic) bond motifs is 1. The third-order valence-electron chi connectivity index (χ3n) is 5.49. The topological polar surface area (TPSA) is 129 Å². The van der Waals surface area contributed by atoms with Gasteiger partial charge in [0.1, 0.15) is 0 Å². The predicted molar refractivity (Wildman–Crippen MR) is 124 cm³/mol. The average Bonchev–Trinajstić information content (AvgIpc) is 3.56. The number of carbonyl (C=O) groups is 3. The van der Waals surface area contributed by atoms with Crippen LogP contribution in [0.4, 0.5) is 26.3 Å². The summed E-state index contributed by atoms with van der Waals surface area (Å²) in [5.41, 5.74) is 2.40. The minimum Gasteiger partial charge on any atom is -0.475 e. The summed E-state index contributed by atoms with van der Waals surface area (Å²) in [6.07, 6.45) is -4.86. The Hall–Kier alpha value is -3.24. The number of hydrogen-bond acceptors (Lipinski definition) is 7. The smallest absolute Gasteiger partial charge is 0.475 e. The Labute approximate surface area is 222 Å². The van der Waals surface area contributed by atoms with Crippen LogP contribution in [0.5, 0.6) is 0 Å². The van der Waals surface area contributed by atoms with E-state index in [0.717, 1.165) is 31.6 Å². The number of carboxylic acids is 2. The molecule has 1 amide bonds. The van der Waals surface area contributed by atoms with Crippen LogP contribution in [0, 0.1) is 5.92 Å². The first-order valence-corrected chi connectivity index (χ1v) is 12.2. The summed E-state index contributed by atoms with van der Waals surface area (Å²) in [5.74, 6) is -4.89. The molecule has 3 N–H and O–H groups in total. The summed E-state index contributed by atoms with van der Waals surface area (Å²) in [6.45, 7) is 3.60. The van der Waals surface area contributed by atoms with Crippen molar-refractivity contribution in [3.05, 3.63) is 52.5 Å². The zero-order valence-corrected chi connectivity index (χ0v) is 20.9. The van der Waals surface area contributed by atoms with Gasteiger partial charge in [-0.3, -0.25) is 14.7 Å². The van der Waals surface area contributed by atoms with E-state index in [1.165, 1.54) is 5.56 Å². The fourth-order valence-corrected chi connectivity index (χ4v) is 4.49. The van der Waals surface area contributed by atoms with Gasteiger partial charge in [-0.15, -0.1) is 0 Å². The number of amides is 1. The molecule has 2 aliphatic heterocycles. The van der Waals surface area contributed by atoms with Crippen LogP contribution in [0.1, 0.15) is 24.0 Å². The highest BCUT2D eigenvalue weighted by atomic mass is 32.1. The van der Waals surface area contributed by atoms with Crippen LogP contribution in [0.15, 0.2) is 41.4 Å². The molecule has 216 valence electrons. The highest BCUT2D eigenvalue weighted by Crippen LogP contribution is 2.35. The SMILES string of the molecule is O=C(C[C@H]1C[C@H]2CN(Cc3ccsc3)C[C@H]2O1)NCc1cccnc1.O=C(O)C(F)(F)F.O=C(O)C(F)(F)F. The number of pyridine rings is 1. The van der Waals surface area contributed by atoms with Crippen molar-refractivity contribution in [2.24, 2.45) is 5.92 Å². The van der Waals surface area contributed by atoms with Crippen LogP contribution < -0.4 is 5.32 Å². The zero-order chi connectivity index (χ0) is 29.2. The fourth-order valence-electron chi connectivity index (χ4n) is 3.83. The predicted octanol–water partition coefficient (Wildman–Crippen LogP) is 3.71. The second-order valence-corrected chi connectivity index (χ2v) is 9.35. The Morgan fingerprint density at radius 3 is 2.18 bits per heavy atom. The fraction of sp³-hybridized carbons (Fsp3) is 0.478. The third kappa shape index (κ3) is 11.6. The molecule has 16 heteroatoms. The molecule has 0 saturated carbocycles. The highest BCUT2D eigenvalue weighted by molar-refractivity contribution is 7.07. The van der Waals surface area contributed by atoms with Gasteiger partial charge in [0.15, 0.2) is 0 Å². The van der Waals surface area contributed by atoms with Crippen molar-refractivity contribution in [1.82, 2.24) is 15.2 Å². The second kappa shape index (κ2) is 14.2. The summed E-state index contributed by atoms with van der Waals surface area (Å²) < 4.78 is 69.6. The number of likely N-dealkylation sites (tertiary alicyclic amines) is 1. The second-order valence-electron chi connectivity index (χ2n) is 8.57. The molecule has 2 saturated heterocycles. The van der Waals surface area contributed by atoms with Gasteiger partial charge in [0.05, 0.1) is 18.6 Å². The molecule has 2 aromatic rings.